The Balaban J connectivity index is 2.97. The van der Waals surface area contributed by atoms with Gasteiger partial charge in [-0.25, -0.2) is 4.39 Å². The third-order valence-corrected chi connectivity index (χ3v) is 2.16. The van der Waals surface area contributed by atoms with Gasteiger partial charge in [0, 0.05) is 5.56 Å². The number of benzene rings is 1. The van der Waals surface area contributed by atoms with Gasteiger partial charge in [-0.15, -0.1) is 0 Å². The van der Waals surface area contributed by atoms with Crippen LogP contribution in [-0.2, 0) is 6.42 Å². The maximum absolute atomic E-state index is 12.9. The van der Waals surface area contributed by atoms with E-state index in [1.165, 1.54) is 12.1 Å². The van der Waals surface area contributed by atoms with E-state index in [-0.39, 0.29) is 11.7 Å². The summed E-state index contributed by atoms with van der Waals surface area (Å²) in [6.07, 6.45) is 2.82. The number of hydrogen-bond acceptors (Lipinski definition) is 1. The molecule has 3 N–H and O–H groups in total. The lowest BCUT2D eigenvalue weighted by molar-refractivity contribution is 0.624. The Labute approximate surface area is 83.4 Å². The normalized spacial score (nSPS) is 10.1. The Kier molecular flexibility index (Phi) is 3.63. The van der Waals surface area contributed by atoms with Crippen molar-refractivity contribution in [3.05, 3.63) is 35.1 Å². The molecule has 0 aliphatic carbocycles. The highest BCUT2D eigenvalue weighted by Gasteiger charge is 2.05. The minimum Gasteiger partial charge on any atom is -0.384 e. The standard InChI is InChI=1S/C11H15FN2/c1-2-3-4-8-7-9(12)5-6-10(8)11(13)14/h5-7H,2-4H2,1H3,(H3,13,14). The Morgan fingerprint density at radius 1 is 1.50 bits per heavy atom. The summed E-state index contributed by atoms with van der Waals surface area (Å²) < 4.78 is 12.9. The molecule has 1 rings (SSSR count). The van der Waals surface area contributed by atoms with Crippen molar-refractivity contribution in [2.24, 2.45) is 5.73 Å². The first-order valence-electron chi connectivity index (χ1n) is 4.78. The maximum Gasteiger partial charge on any atom is 0.123 e. The van der Waals surface area contributed by atoms with Crippen LogP contribution in [-0.4, -0.2) is 5.84 Å². The molecule has 14 heavy (non-hydrogen) atoms. The highest BCUT2D eigenvalue weighted by molar-refractivity contribution is 5.96. The van der Waals surface area contributed by atoms with E-state index in [9.17, 15) is 4.39 Å². The Bertz CT molecular complexity index is 334. The van der Waals surface area contributed by atoms with Crippen LogP contribution in [0.5, 0.6) is 0 Å². The molecule has 1 aromatic rings. The third-order valence-electron chi connectivity index (χ3n) is 2.16. The van der Waals surface area contributed by atoms with Crippen LogP contribution in [0, 0.1) is 11.2 Å². The van der Waals surface area contributed by atoms with E-state index in [4.69, 9.17) is 11.1 Å². The minimum atomic E-state index is -0.263. The molecule has 2 nitrogen and oxygen atoms in total. The second kappa shape index (κ2) is 4.74. The molecule has 0 aliphatic heterocycles. The summed E-state index contributed by atoms with van der Waals surface area (Å²) in [5.74, 6) is -0.253. The topological polar surface area (TPSA) is 49.9 Å². The van der Waals surface area contributed by atoms with E-state index in [0.29, 0.717) is 5.56 Å². The van der Waals surface area contributed by atoms with Crippen LogP contribution in [0.3, 0.4) is 0 Å². The summed E-state index contributed by atoms with van der Waals surface area (Å²) in [4.78, 5) is 0. The molecule has 0 aliphatic rings. The molecule has 0 amide bonds. The van der Waals surface area contributed by atoms with Crippen LogP contribution in [0.1, 0.15) is 30.9 Å². The van der Waals surface area contributed by atoms with Gasteiger partial charge in [-0.2, -0.15) is 0 Å². The van der Waals surface area contributed by atoms with Crippen LogP contribution >= 0.6 is 0 Å². The fraction of sp³-hybridized carbons (Fsp3) is 0.364. The number of unbranched alkanes of at least 4 members (excludes halogenated alkanes) is 1. The van der Waals surface area contributed by atoms with Gasteiger partial charge in [0.2, 0.25) is 0 Å². The lowest BCUT2D eigenvalue weighted by Crippen LogP contribution is -2.14. The number of nitrogens with two attached hydrogens (primary N) is 1. The Hall–Kier alpha value is -1.38. The van der Waals surface area contributed by atoms with Crippen LogP contribution in [0.4, 0.5) is 4.39 Å². The summed E-state index contributed by atoms with van der Waals surface area (Å²) in [5.41, 5.74) is 6.88. The van der Waals surface area contributed by atoms with Gasteiger partial charge in [-0.05, 0) is 36.6 Å². The molecule has 0 atom stereocenters. The lowest BCUT2D eigenvalue weighted by Gasteiger charge is -2.07. The van der Waals surface area contributed by atoms with E-state index in [1.54, 1.807) is 6.07 Å². The smallest absolute Gasteiger partial charge is 0.123 e. The highest BCUT2D eigenvalue weighted by atomic mass is 19.1. The number of hydrogen-bond donors (Lipinski definition) is 2. The van der Waals surface area contributed by atoms with Crippen LogP contribution < -0.4 is 5.73 Å². The van der Waals surface area contributed by atoms with Gasteiger partial charge < -0.3 is 5.73 Å². The van der Waals surface area contributed by atoms with Crippen LogP contribution in [0.15, 0.2) is 18.2 Å². The molecule has 0 saturated carbocycles. The lowest BCUT2D eigenvalue weighted by atomic mass is 10.0. The average Bonchev–Trinajstić information content (AvgIpc) is 2.14. The van der Waals surface area contributed by atoms with Crippen molar-refractivity contribution in [1.82, 2.24) is 0 Å². The first-order chi connectivity index (χ1) is 6.65. The number of nitrogens with one attached hydrogen (secondary N) is 1. The molecule has 1 aromatic carbocycles. The van der Waals surface area contributed by atoms with E-state index in [1.807, 2.05) is 0 Å². The minimum absolute atomic E-state index is 0.0103. The largest absolute Gasteiger partial charge is 0.384 e. The number of amidine groups is 1. The van der Waals surface area contributed by atoms with Crippen molar-refractivity contribution in [3.63, 3.8) is 0 Å². The molecule has 0 radical (unpaired) electrons. The number of rotatable bonds is 4. The monoisotopic (exact) mass is 194 g/mol. The molecule has 0 unspecified atom stereocenters. The van der Waals surface area contributed by atoms with Crippen molar-refractivity contribution >= 4 is 5.84 Å². The summed E-state index contributed by atoms with van der Waals surface area (Å²) in [6.45, 7) is 2.08. The van der Waals surface area contributed by atoms with Gasteiger partial charge >= 0.3 is 0 Å². The van der Waals surface area contributed by atoms with Crippen molar-refractivity contribution in [3.8, 4) is 0 Å². The first-order valence-corrected chi connectivity index (χ1v) is 4.78. The molecular weight excluding hydrogens is 179 g/mol. The highest BCUT2D eigenvalue weighted by Crippen LogP contribution is 2.13. The summed E-state index contributed by atoms with van der Waals surface area (Å²) >= 11 is 0. The van der Waals surface area contributed by atoms with Gasteiger partial charge in [0.1, 0.15) is 11.7 Å². The van der Waals surface area contributed by atoms with Gasteiger partial charge in [0.25, 0.3) is 0 Å². The second-order valence-corrected chi connectivity index (χ2v) is 3.32. The third kappa shape index (κ3) is 2.55. The Morgan fingerprint density at radius 3 is 2.79 bits per heavy atom. The number of nitrogen functional groups attached to an aromatic ring is 1. The quantitative estimate of drug-likeness (QED) is 0.561. The van der Waals surface area contributed by atoms with E-state index in [2.05, 4.69) is 6.92 Å². The predicted octanol–water partition coefficient (Wildman–Crippen LogP) is 2.45. The first kappa shape index (κ1) is 10.7. The molecule has 76 valence electrons. The van der Waals surface area contributed by atoms with Gasteiger partial charge in [-0.3, -0.25) is 5.41 Å². The number of halogens is 1. The molecule has 0 heterocycles. The van der Waals surface area contributed by atoms with Gasteiger partial charge in [0.05, 0.1) is 0 Å². The maximum atomic E-state index is 12.9. The zero-order chi connectivity index (χ0) is 10.6. The zero-order valence-electron chi connectivity index (χ0n) is 8.31. The summed E-state index contributed by atoms with van der Waals surface area (Å²) in [7, 11) is 0. The second-order valence-electron chi connectivity index (χ2n) is 3.32. The van der Waals surface area contributed by atoms with E-state index < -0.39 is 0 Å². The van der Waals surface area contributed by atoms with Crippen molar-refractivity contribution in [1.29, 1.82) is 5.41 Å². The SMILES string of the molecule is CCCCc1cc(F)ccc1C(=N)N. The zero-order valence-corrected chi connectivity index (χ0v) is 8.31. The molecule has 0 bridgehead atoms. The van der Waals surface area contributed by atoms with Gasteiger partial charge in [-0.1, -0.05) is 13.3 Å². The predicted molar refractivity (Wildman–Crippen MR) is 56.0 cm³/mol. The molecule has 0 fully saturated rings. The molecule has 0 spiro atoms. The van der Waals surface area contributed by atoms with Crippen LogP contribution in [0.2, 0.25) is 0 Å². The fourth-order valence-corrected chi connectivity index (χ4v) is 1.40. The van der Waals surface area contributed by atoms with E-state index >= 15 is 0 Å². The molecular formula is C11H15FN2. The van der Waals surface area contributed by atoms with Crippen LogP contribution in [0.25, 0.3) is 0 Å². The molecule has 0 saturated heterocycles. The molecule has 3 heteroatoms. The summed E-state index contributed by atoms with van der Waals surface area (Å²) in [5, 5.41) is 7.34. The Morgan fingerprint density at radius 2 is 2.21 bits per heavy atom. The fourth-order valence-electron chi connectivity index (χ4n) is 1.40. The van der Waals surface area contributed by atoms with Gasteiger partial charge in [0.15, 0.2) is 0 Å². The number of aryl methyl sites for hydroxylation is 1. The molecule has 0 aromatic heterocycles. The van der Waals surface area contributed by atoms with Crippen molar-refractivity contribution in [2.75, 3.05) is 0 Å². The van der Waals surface area contributed by atoms with Crippen molar-refractivity contribution < 1.29 is 4.39 Å². The average molecular weight is 194 g/mol. The summed E-state index contributed by atoms with van der Waals surface area (Å²) in [6, 6.07) is 4.38. The van der Waals surface area contributed by atoms with E-state index in [0.717, 1.165) is 24.8 Å². The van der Waals surface area contributed by atoms with Crippen molar-refractivity contribution in [2.45, 2.75) is 26.2 Å².